The Hall–Kier alpha value is -2.64. The summed E-state index contributed by atoms with van der Waals surface area (Å²) in [6.45, 7) is 4.07. The second-order valence-electron chi connectivity index (χ2n) is 7.49. The van der Waals surface area contributed by atoms with Gasteiger partial charge in [-0.2, -0.15) is 13.2 Å². The minimum Gasteiger partial charge on any atom is -0.367 e. The molecule has 2 aromatic rings. The highest BCUT2D eigenvalue weighted by molar-refractivity contribution is 5.60. The van der Waals surface area contributed by atoms with Gasteiger partial charge in [-0.1, -0.05) is 11.6 Å². The van der Waals surface area contributed by atoms with E-state index in [0.717, 1.165) is 24.6 Å². The molecule has 0 saturated heterocycles. The van der Waals surface area contributed by atoms with Crippen LogP contribution in [-0.4, -0.2) is 21.0 Å². The van der Waals surface area contributed by atoms with Crippen molar-refractivity contribution in [3.63, 3.8) is 0 Å². The van der Waals surface area contributed by atoms with Gasteiger partial charge in [0, 0.05) is 17.8 Å². The molecule has 148 valence electrons. The molecule has 2 saturated carbocycles. The number of nitrogens with zero attached hydrogens (tertiary/aromatic N) is 3. The third-order valence-corrected chi connectivity index (χ3v) is 5.05. The maximum Gasteiger partial charge on any atom is 0.433 e. The number of pyridine rings is 1. The van der Waals surface area contributed by atoms with Crippen LogP contribution in [0.15, 0.2) is 35.5 Å². The van der Waals surface area contributed by atoms with Crippen LogP contribution < -0.4 is 10.6 Å². The predicted molar refractivity (Wildman–Crippen MR) is 102 cm³/mol. The number of alkyl halides is 3. The van der Waals surface area contributed by atoms with Crippen molar-refractivity contribution in [2.45, 2.75) is 51.7 Å². The van der Waals surface area contributed by atoms with Crippen LogP contribution in [0.3, 0.4) is 0 Å². The van der Waals surface area contributed by atoms with Gasteiger partial charge in [-0.05, 0) is 57.6 Å². The third kappa shape index (κ3) is 4.43. The van der Waals surface area contributed by atoms with E-state index in [0.29, 0.717) is 17.6 Å². The van der Waals surface area contributed by atoms with Gasteiger partial charge in [0.1, 0.15) is 23.0 Å². The second kappa shape index (κ2) is 7.07. The maximum absolute atomic E-state index is 13.0. The van der Waals surface area contributed by atoms with Gasteiger partial charge in [-0.25, -0.2) is 15.0 Å². The van der Waals surface area contributed by atoms with Crippen molar-refractivity contribution in [2.75, 3.05) is 10.6 Å². The Morgan fingerprint density at radius 3 is 2.46 bits per heavy atom. The molecule has 2 heterocycles. The van der Waals surface area contributed by atoms with Crippen LogP contribution in [-0.2, 0) is 6.18 Å². The molecule has 0 amide bonds. The number of hydrogen-bond donors (Lipinski definition) is 2. The van der Waals surface area contributed by atoms with Gasteiger partial charge in [0.2, 0.25) is 0 Å². The number of rotatable bonds is 6. The van der Waals surface area contributed by atoms with Crippen LogP contribution >= 0.6 is 0 Å². The van der Waals surface area contributed by atoms with Crippen molar-refractivity contribution in [1.82, 2.24) is 15.0 Å². The van der Waals surface area contributed by atoms with E-state index in [2.05, 4.69) is 32.5 Å². The summed E-state index contributed by atoms with van der Waals surface area (Å²) in [5.74, 6) is 1.90. The van der Waals surface area contributed by atoms with Crippen molar-refractivity contribution in [1.29, 1.82) is 0 Å². The lowest BCUT2D eigenvalue weighted by atomic mass is 10.2. The molecular weight excluding hydrogens is 367 g/mol. The number of anilines is 2. The van der Waals surface area contributed by atoms with Crippen molar-refractivity contribution in [3.05, 3.63) is 41.2 Å². The molecule has 5 nitrogen and oxygen atoms in total. The molecular formula is C20H22F3N5. The highest BCUT2D eigenvalue weighted by Crippen LogP contribution is 2.35. The fourth-order valence-corrected chi connectivity index (χ4v) is 3.08. The van der Waals surface area contributed by atoms with Gasteiger partial charge in [-0.15, -0.1) is 0 Å². The van der Waals surface area contributed by atoms with Gasteiger partial charge in [0.05, 0.1) is 0 Å². The first-order valence-electron chi connectivity index (χ1n) is 9.45. The minimum atomic E-state index is -4.51. The fourth-order valence-electron chi connectivity index (χ4n) is 3.08. The Morgan fingerprint density at radius 1 is 1.11 bits per heavy atom. The molecule has 0 bridgehead atoms. The van der Waals surface area contributed by atoms with Crippen LogP contribution in [0.4, 0.5) is 24.8 Å². The van der Waals surface area contributed by atoms with Crippen LogP contribution in [0.5, 0.6) is 0 Å². The third-order valence-electron chi connectivity index (χ3n) is 5.05. The summed E-state index contributed by atoms with van der Waals surface area (Å²) >= 11 is 0. The standard InChI is InChI=1S/C20H22F3N5/c1-11(13-6-7-13)24-17-10-18(25-12(2)14-8-9-14)28-19(27-17)15-4-3-5-16(26-15)20(21,22)23/h3-5,10-11,13H,6-9H2,1-2H3,(H2,24,25,27,28)/t11-/m0/s1. The molecule has 2 aromatic heterocycles. The van der Waals surface area contributed by atoms with Gasteiger partial charge in [0.25, 0.3) is 0 Å². The molecule has 0 radical (unpaired) electrons. The number of halogens is 3. The predicted octanol–water partition coefficient (Wildman–Crippen LogP) is 5.25. The van der Waals surface area contributed by atoms with Crippen LogP contribution in [0, 0.1) is 5.92 Å². The number of nitrogens with one attached hydrogen (secondary N) is 2. The number of aromatic nitrogens is 3. The van der Waals surface area contributed by atoms with Crippen molar-refractivity contribution >= 4 is 11.6 Å². The lowest BCUT2D eigenvalue weighted by Crippen LogP contribution is -2.19. The van der Waals surface area contributed by atoms with E-state index in [9.17, 15) is 13.2 Å². The zero-order chi connectivity index (χ0) is 19.9. The zero-order valence-electron chi connectivity index (χ0n) is 15.8. The normalized spacial score (nSPS) is 17.2. The number of hydrogen-bond acceptors (Lipinski definition) is 5. The summed E-state index contributed by atoms with van der Waals surface area (Å²) in [5.41, 5.74) is 1.50. The van der Waals surface area contributed by atoms with Gasteiger partial charge >= 0.3 is 6.18 Å². The quantitative estimate of drug-likeness (QED) is 0.707. The first kappa shape index (κ1) is 18.7. The lowest BCUT2D eigenvalue weighted by molar-refractivity contribution is -0.141. The van der Waals surface area contributed by atoms with Crippen LogP contribution in [0.25, 0.3) is 11.5 Å². The molecule has 0 aromatic carbocycles. The van der Waals surface area contributed by atoms with E-state index in [1.54, 1.807) is 6.07 Å². The SMILES string of the molecule is CC(Nc1cc(N[C@@H](C)C2CC2)nc(-c2cccc(C(F)(F)F)n2)n1)=C1CC1. The Morgan fingerprint density at radius 2 is 1.82 bits per heavy atom. The largest absolute Gasteiger partial charge is 0.433 e. The molecule has 2 aliphatic carbocycles. The lowest BCUT2D eigenvalue weighted by Gasteiger charge is -2.16. The highest BCUT2D eigenvalue weighted by Gasteiger charge is 2.33. The Balaban J connectivity index is 1.69. The van der Waals surface area contributed by atoms with Crippen molar-refractivity contribution < 1.29 is 13.2 Å². The van der Waals surface area contributed by atoms with Gasteiger partial charge in [0.15, 0.2) is 5.82 Å². The van der Waals surface area contributed by atoms with Crippen molar-refractivity contribution in [3.8, 4) is 11.5 Å². The number of allylic oxidation sites excluding steroid dienone is 2. The maximum atomic E-state index is 13.0. The molecule has 28 heavy (non-hydrogen) atoms. The first-order chi connectivity index (χ1) is 13.3. The highest BCUT2D eigenvalue weighted by atomic mass is 19.4. The van der Waals surface area contributed by atoms with Gasteiger partial charge in [-0.3, -0.25) is 0 Å². The molecule has 0 spiro atoms. The van der Waals surface area contributed by atoms with E-state index in [4.69, 9.17) is 0 Å². The Kier molecular flexibility index (Phi) is 4.72. The molecule has 0 aliphatic heterocycles. The van der Waals surface area contributed by atoms with E-state index in [1.165, 1.54) is 30.5 Å². The zero-order valence-corrected chi connectivity index (χ0v) is 15.8. The molecule has 8 heteroatoms. The summed E-state index contributed by atoms with van der Waals surface area (Å²) in [7, 11) is 0. The van der Waals surface area contributed by atoms with E-state index >= 15 is 0 Å². The summed E-state index contributed by atoms with van der Waals surface area (Å²) < 4.78 is 39.1. The topological polar surface area (TPSA) is 62.7 Å². The summed E-state index contributed by atoms with van der Waals surface area (Å²) in [6.07, 6.45) is -0.0266. The average Bonchev–Trinajstić information content (AvgIpc) is 3.53. The molecule has 2 aliphatic rings. The molecule has 1 atom stereocenters. The fraction of sp³-hybridized carbons (Fsp3) is 0.450. The smallest absolute Gasteiger partial charge is 0.367 e. The minimum absolute atomic E-state index is 0.0947. The Bertz CT molecular complexity index is 912. The molecule has 4 rings (SSSR count). The monoisotopic (exact) mass is 389 g/mol. The van der Waals surface area contributed by atoms with E-state index < -0.39 is 11.9 Å². The van der Waals surface area contributed by atoms with E-state index in [1.807, 2.05) is 6.92 Å². The van der Waals surface area contributed by atoms with E-state index in [-0.39, 0.29) is 17.6 Å². The average molecular weight is 389 g/mol. The molecule has 2 N–H and O–H groups in total. The Labute approximate surface area is 161 Å². The molecule has 0 unspecified atom stereocenters. The molecule has 2 fully saturated rings. The van der Waals surface area contributed by atoms with Crippen LogP contribution in [0.2, 0.25) is 0 Å². The van der Waals surface area contributed by atoms with Crippen LogP contribution in [0.1, 0.15) is 45.2 Å². The summed E-state index contributed by atoms with van der Waals surface area (Å²) in [5, 5.41) is 6.62. The first-order valence-corrected chi connectivity index (χ1v) is 9.45. The van der Waals surface area contributed by atoms with Crippen molar-refractivity contribution in [2.24, 2.45) is 5.92 Å². The summed E-state index contributed by atoms with van der Waals surface area (Å²) in [6, 6.07) is 5.80. The second-order valence-corrected chi connectivity index (χ2v) is 7.49. The summed E-state index contributed by atoms with van der Waals surface area (Å²) in [4.78, 5) is 12.6. The van der Waals surface area contributed by atoms with Gasteiger partial charge < -0.3 is 10.6 Å².